The van der Waals surface area contributed by atoms with Crippen LogP contribution in [-0.2, 0) is 30.2 Å². The molecule has 1 aromatic carbocycles. The summed E-state index contributed by atoms with van der Waals surface area (Å²) in [7, 11) is 0.680. The van der Waals surface area contributed by atoms with Crippen molar-refractivity contribution in [1.29, 1.82) is 0 Å². The summed E-state index contributed by atoms with van der Waals surface area (Å²) in [5.41, 5.74) is 2.18. The molecule has 0 spiro atoms. The molecule has 0 atom stereocenters. The molecule has 3 rings (SSSR count). The van der Waals surface area contributed by atoms with Crippen molar-refractivity contribution >= 4 is 40.0 Å². The molecule has 1 aliphatic rings. The summed E-state index contributed by atoms with van der Waals surface area (Å²) in [6, 6.07) is 11.2. The molecule has 0 saturated carbocycles. The van der Waals surface area contributed by atoms with Gasteiger partial charge in [-0.25, -0.2) is 13.4 Å². The summed E-state index contributed by atoms with van der Waals surface area (Å²) in [5.74, 6) is 0.822. The molecule has 1 saturated heterocycles. The molecule has 0 radical (unpaired) electrons. The first-order valence-corrected chi connectivity index (χ1v) is 11.5. The topological polar surface area (TPSA) is 69.9 Å². The van der Waals surface area contributed by atoms with E-state index in [-0.39, 0.29) is 24.0 Å². The SMILES string of the molecule is CCNC(=NCc1ccc(S(=O)(=O)N2CCCC2)cc1)N(C)Cc1cccn1C.I. The average Bonchev–Trinajstić information content (AvgIpc) is 3.38. The first-order valence-electron chi connectivity index (χ1n) is 10.1. The monoisotopic (exact) mass is 545 g/mol. The molecule has 1 aliphatic heterocycles. The Morgan fingerprint density at radius 2 is 1.83 bits per heavy atom. The number of benzene rings is 1. The van der Waals surface area contributed by atoms with Crippen molar-refractivity contribution in [2.75, 3.05) is 26.7 Å². The van der Waals surface area contributed by atoms with Crippen LogP contribution in [0, 0.1) is 0 Å². The molecular weight excluding hydrogens is 513 g/mol. The van der Waals surface area contributed by atoms with Gasteiger partial charge in [0, 0.05) is 45.6 Å². The third kappa shape index (κ3) is 5.98. The van der Waals surface area contributed by atoms with Crippen LogP contribution in [0.4, 0.5) is 0 Å². The van der Waals surface area contributed by atoms with Crippen molar-refractivity contribution in [2.45, 2.75) is 37.8 Å². The second-order valence-electron chi connectivity index (χ2n) is 7.39. The Balaban J connectivity index is 0.00000320. The Kier molecular flexibility index (Phi) is 9.17. The maximum Gasteiger partial charge on any atom is 0.243 e. The van der Waals surface area contributed by atoms with Crippen molar-refractivity contribution in [3.05, 3.63) is 53.9 Å². The average molecular weight is 545 g/mol. The number of aliphatic imine (C=N–C) groups is 1. The Morgan fingerprint density at radius 3 is 2.40 bits per heavy atom. The smallest absolute Gasteiger partial charge is 0.243 e. The van der Waals surface area contributed by atoms with Gasteiger partial charge in [0.05, 0.1) is 18.0 Å². The second kappa shape index (κ2) is 11.1. The molecule has 0 aliphatic carbocycles. The lowest BCUT2D eigenvalue weighted by atomic mass is 10.2. The number of halogens is 1. The van der Waals surface area contributed by atoms with E-state index < -0.39 is 10.0 Å². The highest BCUT2D eigenvalue weighted by molar-refractivity contribution is 14.0. The van der Waals surface area contributed by atoms with Crippen LogP contribution in [0.3, 0.4) is 0 Å². The second-order valence-corrected chi connectivity index (χ2v) is 9.33. The molecule has 7 nitrogen and oxygen atoms in total. The van der Waals surface area contributed by atoms with Crippen LogP contribution in [0.1, 0.15) is 31.0 Å². The van der Waals surface area contributed by atoms with Gasteiger partial charge in [-0.2, -0.15) is 4.31 Å². The molecule has 2 aromatic rings. The fourth-order valence-electron chi connectivity index (χ4n) is 3.46. The van der Waals surface area contributed by atoms with Crippen LogP contribution in [0.2, 0.25) is 0 Å². The van der Waals surface area contributed by atoms with Gasteiger partial charge in [0.2, 0.25) is 10.0 Å². The summed E-state index contributed by atoms with van der Waals surface area (Å²) in [6.45, 7) is 5.31. The lowest BCUT2D eigenvalue weighted by Crippen LogP contribution is -2.38. The van der Waals surface area contributed by atoms with Crippen LogP contribution in [0.25, 0.3) is 0 Å². The molecule has 2 heterocycles. The van der Waals surface area contributed by atoms with Gasteiger partial charge in [0.25, 0.3) is 0 Å². The van der Waals surface area contributed by atoms with Gasteiger partial charge < -0.3 is 14.8 Å². The Labute approximate surface area is 197 Å². The number of rotatable bonds is 7. The van der Waals surface area contributed by atoms with Crippen molar-refractivity contribution in [3.8, 4) is 0 Å². The third-order valence-electron chi connectivity index (χ3n) is 5.18. The minimum absolute atomic E-state index is 0. The summed E-state index contributed by atoms with van der Waals surface area (Å²) < 4.78 is 29.0. The van der Waals surface area contributed by atoms with Crippen molar-refractivity contribution in [3.63, 3.8) is 0 Å². The quantitative estimate of drug-likeness (QED) is 0.330. The van der Waals surface area contributed by atoms with Gasteiger partial charge in [-0.05, 0) is 49.6 Å². The zero-order valence-corrected chi connectivity index (χ0v) is 21.1. The summed E-state index contributed by atoms with van der Waals surface area (Å²) >= 11 is 0. The molecular formula is C21H32IN5O2S. The van der Waals surface area contributed by atoms with E-state index in [2.05, 4.69) is 20.9 Å². The predicted molar refractivity (Wildman–Crippen MR) is 132 cm³/mol. The lowest BCUT2D eigenvalue weighted by molar-refractivity contribution is 0.462. The molecule has 0 unspecified atom stereocenters. The van der Waals surface area contributed by atoms with Gasteiger partial charge in [-0.3, -0.25) is 0 Å². The molecule has 166 valence electrons. The standard InChI is InChI=1S/C21H31N5O2S.HI/c1-4-22-21(25(3)17-19-8-7-13-24(19)2)23-16-18-9-11-20(12-10-18)29(27,28)26-14-5-6-15-26;/h7-13H,4-6,14-17H2,1-3H3,(H,22,23);1H. The van der Waals surface area contributed by atoms with Crippen LogP contribution in [0.15, 0.2) is 52.5 Å². The highest BCUT2D eigenvalue weighted by Gasteiger charge is 2.26. The van der Waals surface area contributed by atoms with Crippen LogP contribution in [-0.4, -0.2) is 54.8 Å². The molecule has 30 heavy (non-hydrogen) atoms. The molecule has 1 fully saturated rings. The molecule has 1 aromatic heterocycles. The van der Waals surface area contributed by atoms with Gasteiger partial charge in [0.15, 0.2) is 5.96 Å². The summed E-state index contributed by atoms with van der Waals surface area (Å²) in [4.78, 5) is 7.17. The molecule has 0 amide bonds. The van der Waals surface area contributed by atoms with Crippen molar-refractivity contribution in [1.82, 2.24) is 19.1 Å². The van der Waals surface area contributed by atoms with Gasteiger partial charge in [-0.1, -0.05) is 12.1 Å². The normalized spacial score (nSPS) is 15.1. The minimum atomic E-state index is -3.37. The Morgan fingerprint density at radius 1 is 1.17 bits per heavy atom. The largest absolute Gasteiger partial charge is 0.357 e. The number of nitrogens with zero attached hydrogens (tertiary/aromatic N) is 4. The fourth-order valence-corrected chi connectivity index (χ4v) is 4.98. The van der Waals surface area contributed by atoms with Crippen LogP contribution in [0.5, 0.6) is 0 Å². The predicted octanol–water partition coefficient (Wildman–Crippen LogP) is 3.03. The lowest BCUT2D eigenvalue weighted by Gasteiger charge is -2.22. The van der Waals surface area contributed by atoms with Gasteiger partial charge in [0.1, 0.15) is 0 Å². The number of sulfonamides is 1. The fraction of sp³-hybridized carbons (Fsp3) is 0.476. The van der Waals surface area contributed by atoms with E-state index in [0.29, 0.717) is 24.5 Å². The number of hydrogen-bond acceptors (Lipinski definition) is 3. The first kappa shape index (κ1) is 24.7. The Hall–Kier alpha value is -1.59. The van der Waals surface area contributed by atoms with Gasteiger partial charge in [-0.15, -0.1) is 24.0 Å². The number of guanidine groups is 1. The van der Waals surface area contributed by atoms with Crippen molar-refractivity contribution < 1.29 is 8.42 Å². The van der Waals surface area contributed by atoms with Gasteiger partial charge >= 0.3 is 0 Å². The highest BCUT2D eigenvalue weighted by atomic mass is 127. The van der Waals surface area contributed by atoms with Crippen molar-refractivity contribution in [2.24, 2.45) is 12.0 Å². The maximum atomic E-state index is 12.6. The zero-order valence-electron chi connectivity index (χ0n) is 17.9. The van der Waals surface area contributed by atoms with E-state index in [1.54, 1.807) is 16.4 Å². The number of aryl methyl sites for hydroxylation is 1. The minimum Gasteiger partial charge on any atom is -0.357 e. The van der Waals surface area contributed by atoms with E-state index in [0.717, 1.165) is 37.5 Å². The van der Waals surface area contributed by atoms with E-state index >= 15 is 0 Å². The molecule has 1 N–H and O–H groups in total. The van der Waals surface area contributed by atoms with E-state index in [9.17, 15) is 8.42 Å². The highest BCUT2D eigenvalue weighted by Crippen LogP contribution is 2.21. The molecule has 9 heteroatoms. The van der Waals surface area contributed by atoms with E-state index in [1.807, 2.05) is 45.4 Å². The number of hydrogen-bond donors (Lipinski definition) is 1. The third-order valence-corrected chi connectivity index (χ3v) is 7.10. The van der Waals surface area contributed by atoms with Crippen LogP contribution >= 0.6 is 24.0 Å². The van der Waals surface area contributed by atoms with E-state index in [4.69, 9.17) is 4.99 Å². The summed E-state index contributed by atoms with van der Waals surface area (Å²) in [5, 5.41) is 3.32. The maximum absolute atomic E-state index is 12.6. The van der Waals surface area contributed by atoms with Crippen LogP contribution < -0.4 is 5.32 Å². The number of nitrogens with one attached hydrogen (secondary N) is 1. The number of aromatic nitrogens is 1. The first-order chi connectivity index (χ1) is 13.9. The molecule has 0 bridgehead atoms. The zero-order chi connectivity index (χ0) is 20.9. The Bertz CT molecular complexity index is 935. The summed E-state index contributed by atoms with van der Waals surface area (Å²) in [6.07, 6.45) is 3.91. The van der Waals surface area contributed by atoms with E-state index in [1.165, 1.54) is 5.69 Å².